The predicted octanol–water partition coefficient (Wildman–Crippen LogP) is 5.57. The predicted molar refractivity (Wildman–Crippen MR) is 131 cm³/mol. The van der Waals surface area contributed by atoms with Crippen LogP contribution in [0.1, 0.15) is 18.1 Å². The summed E-state index contributed by atoms with van der Waals surface area (Å²) in [7, 11) is 0. The summed E-state index contributed by atoms with van der Waals surface area (Å²) >= 11 is 1.52. The van der Waals surface area contributed by atoms with E-state index in [0.717, 1.165) is 28.3 Å². The number of thioether (sulfide) groups is 1. The van der Waals surface area contributed by atoms with Crippen molar-refractivity contribution in [2.24, 2.45) is 0 Å². The molecule has 0 atom stereocenters. The van der Waals surface area contributed by atoms with Crippen LogP contribution in [0.2, 0.25) is 0 Å². The molecule has 0 fully saturated rings. The van der Waals surface area contributed by atoms with Crippen LogP contribution in [0.5, 0.6) is 11.5 Å². The van der Waals surface area contributed by atoms with Crippen LogP contribution in [-0.2, 0) is 0 Å². The maximum atomic E-state index is 13.4. The van der Waals surface area contributed by atoms with Gasteiger partial charge >= 0.3 is 0 Å². The molecule has 4 rings (SSSR count). The average molecular weight is 447 g/mol. The van der Waals surface area contributed by atoms with Gasteiger partial charge in [0.2, 0.25) is 0 Å². The van der Waals surface area contributed by atoms with E-state index in [2.05, 4.69) is 6.07 Å². The van der Waals surface area contributed by atoms with E-state index in [1.807, 2.05) is 81.4 Å². The van der Waals surface area contributed by atoms with E-state index < -0.39 is 0 Å². The molecule has 0 saturated carbocycles. The summed E-state index contributed by atoms with van der Waals surface area (Å²) in [5.74, 6) is 2.27. The third-order valence-corrected chi connectivity index (χ3v) is 5.83. The molecule has 0 aliphatic heterocycles. The first kappa shape index (κ1) is 22.0. The number of rotatable bonds is 8. The molecular formula is C26H26N2O3S. The lowest BCUT2D eigenvalue weighted by Gasteiger charge is -2.15. The monoisotopic (exact) mass is 446 g/mol. The second-order valence-electron chi connectivity index (χ2n) is 7.50. The topological polar surface area (TPSA) is 53.4 Å². The molecule has 6 heteroatoms. The van der Waals surface area contributed by atoms with Gasteiger partial charge in [-0.05, 0) is 80.4 Å². The van der Waals surface area contributed by atoms with Crippen LogP contribution in [-0.4, -0.2) is 28.5 Å². The SMILES string of the molecule is CCOc1ccc(OCCSc2nc3ccccc3c(=O)n2-c2cc(C)cc(C)c2)cc1. The fourth-order valence-electron chi connectivity index (χ4n) is 3.61. The first-order valence-electron chi connectivity index (χ1n) is 10.6. The van der Waals surface area contributed by atoms with Crippen molar-refractivity contribution in [3.05, 3.63) is 88.2 Å². The molecule has 0 bridgehead atoms. The minimum Gasteiger partial charge on any atom is -0.494 e. The highest BCUT2D eigenvalue weighted by molar-refractivity contribution is 7.99. The molecule has 5 nitrogen and oxygen atoms in total. The van der Waals surface area contributed by atoms with E-state index in [4.69, 9.17) is 14.5 Å². The van der Waals surface area contributed by atoms with Crippen molar-refractivity contribution in [3.8, 4) is 17.2 Å². The molecule has 0 unspecified atom stereocenters. The molecule has 164 valence electrons. The first-order valence-corrected chi connectivity index (χ1v) is 11.6. The van der Waals surface area contributed by atoms with Crippen molar-refractivity contribution in [3.63, 3.8) is 0 Å². The number of para-hydroxylation sites is 1. The highest BCUT2D eigenvalue weighted by Crippen LogP contribution is 2.23. The standard InChI is InChI=1S/C26H26N2O3S/c1-4-30-21-9-11-22(12-10-21)31-13-14-32-26-27-24-8-6-5-7-23(24)25(29)28(26)20-16-18(2)15-19(3)17-20/h5-12,15-17H,4,13-14H2,1-3H3. The van der Waals surface area contributed by atoms with E-state index >= 15 is 0 Å². The van der Waals surface area contributed by atoms with E-state index in [9.17, 15) is 4.79 Å². The van der Waals surface area contributed by atoms with Crippen molar-refractivity contribution in [1.82, 2.24) is 9.55 Å². The maximum Gasteiger partial charge on any atom is 0.266 e. The second kappa shape index (κ2) is 9.92. The van der Waals surface area contributed by atoms with Crippen molar-refractivity contribution >= 4 is 22.7 Å². The summed E-state index contributed by atoms with van der Waals surface area (Å²) in [6.45, 7) is 7.16. The second-order valence-corrected chi connectivity index (χ2v) is 8.56. The Morgan fingerprint density at radius 2 is 1.56 bits per heavy atom. The molecule has 0 N–H and O–H groups in total. The van der Waals surface area contributed by atoms with Gasteiger partial charge in [0.05, 0.1) is 29.8 Å². The number of nitrogens with zero attached hydrogens (tertiary/aromatic N) is 2. The van der Waals surface area contributed by atoms with Gasteiger partial charge in [0.1, 0.15) is 11.5 Å². The van der Waals surface area contributed by atoms with Crippen molar-refractivity contribution in [2.75, 3.05) is 19.0 Å². The van der Waals surface area contributed by atoms with E-state index in [-0.39, 0.29) is 5.56 Å². The third-order valence-electron chi connectivity index (χ3n) is 4.93. The van der Waals surface area contributed by atoms with Gasteiger partial charge in [-0.2, -0.15) is 0 Å². The van der Waals surface area contributed by atoms with Gasteiger partial charge in [0.15, 0.2) is 5.16 Å². The normalized spacial score (nSPS) is 11.0. The molecule has 1 heterocycles. The number of hydrogen-bond donors (Lipinski definition) is 0. The minimum atomic E-state index is -0.0597. The lowest BCUT2D eigenvalue weighted by atomic mass is 10.1. The molecule has 0 aliphatic carbocycles. The molecule has 1 aromatic heterocycles. The van der Waals surface area contributed by atoms with E-state index in [1.165, 1.54) is 11.8 Å². The summed E-state index contributed by atoms with van der Waals surface area (Å²) in [4.78, 5) is 18.2. The third kappa shape index (κ3) is 4.97. The zero-order valence-electron chi connectivity index (χ0n) is 18.5. The largest absolute Gasteiger partial charge is 0.494 e. The van der Waals surface area contributed by atoms with Gasteiger partial charge in [0, 0.05) is 5.75 Å². The summed E-state index contributed by atoms with van der Waals surface area (Å²) in [6, 6.07) is 21.2. The minimum absolute atomic E-state index is 0.0597. The molecule has 4 aromatic rings. The molecule has 32 heavy (non-hydrogen) atoms. The van der Waals surface area contributed by atoms with Gasteiger partial charge in [-0.1, -0.05) is 30.0 Å². The van der Waals surface area contributed by atoms with Crippen LogP contribution in [0.15, 0.2) is 76.7 Å². The molecule has 0 aliphatic rings. The van der Waals surface area contributed by atoms with Gasteiger partial charge in [0.25, 0.3) is 5.56 Å². The number of fused-ring (bicyclic) bond motifs is 1. The zero-order chi connectivity index (χ0) is 22.5. The van der Waals surface area contributed by atoms with E-state index in [0.29, 0.717) is 35.0 Å². The molecule has 0 radical (unpaired) electrons. The molecule has 0 spiro atoms. The van der Waals surface area contributed by atoms with Crippen LogP contribution in [0, 0.1) is 13.8 Å². The van der Waals surface area contributed by atoms with Gasteiger partial charge in [-0.25, -0.2) is 4.98 Å². The summed E-state index contributed by atoms with van der Waals surface area (Å²) < 4.78 is 13.0. The Kier molecular flexibility index (Phi) is 6.81. The fraction of sp³-hybridized carbons (Fsp3) is 0.231. The Balaban J connectivity index is 1.58. The zero-order valence-corrected chi connectivity index (χ0v) is 19.3. The first-order chi connectivity index (χ1) is 15.5. The number of hydrogen-bond acceptors (Lipinski definition) is 5. The molecule has 0 saturated heterocycles. The van der Waals surface area contributed by atoms with Crippen LogP contribution in [0.25, 0.3) is 16.6 Å². The highest BCUT2D eigenvalue weighted by atomic mass is 32.2. The van der Waals surface area contributed by atoms with Crippen LogP contribution in [0.4, 0.5) is 0 Å². The summed E-state index contributed by atoms with van der Waals surface area (Å²) in [6.07, 6.45) is 0. The fourth-order valence-corrected chi connectivity index (χ4v) is 4.44. The van der Waals surface area contributed by atoms with Gasteiger partial charge < -0.3 is 9.47 Å². The lowest BCUT2D eigenvalue weighted by Crippen LogP contribution is -2.22. The molecular weight excluding hydrogens is 420 g/mol. The maximum absolute atomic E-state index is 13.4. The highest BCUT2D eigenvalue weighted by Gasteiger charge is 2.14. The van der Waals surface area contributed by atoms with Crippen molar-refractivity contribution < 1.29 is 9.47 Å². The van der Waals surface area contributed by atoms with Crippen molar-refractivity contribution in [2.45, 2.75) is 25.9 Å². The Labute approximate surface area is 192 Å². The Hall–Kier alpha value is -3.25. The Morgan fingerprint density at radius 3 is 2.25 bits per heavy atom. The summed E-state index contributed by atoms with van der Waals surface area (Å²) in [5, 5.41) is 1.27. The number of ether oxygens (including phenoxy) is 2. The Bertz CT molecular complexity index is 1260. The lowest BCUT2D eigenvalue weighted by molar-refractivity contribution is 0.332. The van der Waals surface area contributed by atoms with Gasteiger partial charge in [-0.3, -0.25) is 9.36 Å². The van der Waals surface area contributed by atoms with Gasteiger partial charge in [-0.15, -0.1) is 0 Å². The van der Waals surface area contributed by atoms with Crippen LogP contribution in [0.3, 0.4) is 0 Å². The smallest absolute Gasteiger partial charge is 0.266 e. The Morgan fingerprint density at radius 1 is 0.906 bits per heavy atom. The number of aryl methyl sites for hydroxylation is 2. The van der Waals surface area contributed by atoms with E-state index in [1.54, 1.807) is 4.57 Å². The molecule has 0 amide bonds. The quantitative estimate of drug-likeness (QED) is 0.201. The number of aromatic nitrogens is 2. The summed E-state index contributed by atoms with van der Waals surface area (Å²) in [5.41, 5.74) is 3.69. The molecule has 3 aromatic carbocycles. The number of benzene rings is 3. The van der Waals surface area contributed by atoms with Crippen LogP contribution >= 0.6 is 11.8 Å². The van der Waals surface area contributed by atoms with Crippen LogP contribution < -0.4 is 15.0 Å². The van der Waals surface area contributed by atoms with Crippen molar-refractivity contribution in [1.29, 1.82) is 0 Å². The average Bonchev–Trinajstić information content (AvgIpc) is 2.77.